The van der Waals surface area contributed by atoms with E-state index in [1.807, 2.05) is 28.8 Å². The van der Waals surface area contributed by atoms with Crippen LogP contribution in [0.4, 0.5) is 0 Å². The molecule has 6 nitrogen and oxygen atoms in total. The first kappa shape index (κ1) is 15.3. The van der Waals surface area contributed by atoms with E-state index in [1.54, 1.807) is 6.07 Å². The van der Waals surface area contributed by atoms with Crippen molar-refractivity contribution in [3.63, 3.8) is 0 Å². The number of hydrogen-bond donors (Lipinski definition) is 0. The van der Waals surface area contributed by atoms with Gasteiger partial charge in [-0.3, -0.25) is 14.4 Å². The molecule has 1 fully saturated rings. The molecule has 0 aliphatic heterocycles. The van der Waals surface area contributed by atoms with Crippen molar-refractivity contribution in [2.45, 2.75) is 13.0 Å². The van der Waals surface area contributed by atoms with Crippen molar-refractivity contribution < 1.29 is 23.9 Å². The van der Waals surface area contributed by atoms with Crippen LogP contribution in [0.3, 0.4) is 0 Å². The molecule has 1 atom stereocenters. The van der Waals surface area contributed by atoms with Crippen LogP contribution in [0, 0.1) is 11.3 Å². The van der Waals surface area contributed by atoms with Gasteiger partial charge in [0.2, 0.25) is 0 Å². The van der Waals surface area contributed by atoms with Crippen LogP contribution in [0.1, 0.15) is 16.9 Å². The molecule has 0 saturated heterocycles. The first-order valence-corrected chi connectivity index (χ1v) is 7.28. The first-order chi connectivity index (χ1) is 11.1. The minimum absolute atomic E-state index is 0.253. The second-order valence-electron chi connectivity index (χ2n) is 5.71. The SMILES string of the molecule is COC(=O)C1(C(=O)OC)CC1Cn1c(C=O)cc2ccccc21. The van der Waals surface area contributed by atoms with Gasteiger partial charge >= 0.3 is 11.9 Å². The zero-order valence-corrected chi connectivity index (χ0v) is 12.9. The van der Waals surface area contributed by atoms with Crippen LogP contribution in [0.5, 0.6) is 0 Å². The Morgan fingerprint density at radius 1 is 1.26 bits per heavy atom. The van der Waals surface area contributed by atoms with Crippen molar-refractivity contribution in [1.29, 1.82) is 0 Å². The van der Waals surface area contributed by atoms with E-state index in [4.69, 9.17) is 9.47 Å². The maximum absolute atomic E-state index is 12.1. The number of esters is 2. The Labute approximate surface area is 133 Å². The molecule has 0 spiro atoms. The number of rotatable bonds is 5. The molecule has 1 aliphatic rings. The lowest BCUT2D eigenvalue weighted by molar-refractivity contribution is -0.162. The first-order valence-electron chi connectivity index (χ1n) is 7.28. The van der Waals surface area contributed by atoms with Crippen LogP contribution < -0.4 is 0 Å². The highest BCUT2D eigenvalue weighted by atomic mass is 16.5. The summed E-state index contributed by atoms with van der Waals surface area (Å²) in [7, 11) is 2.51. The number of fused-ring (bicyclic) bond motifs is 1. The summed E-state index contributed by atoms with van der Waals surface area (Å²) >= 11 is 0. The summed E-state index contributed by atoms with van der Waals surface area (Å²) in [4.78, 5) is 35.4. The smallest absolute Gasteiger partial charge is 0.323 e. The van der Waals surface area contributed by atoms with Gasteiger partial charge in [0.1, 0.15) is 0 Å². The number of benzene rings is 1. The van der Waals surface area contributed by atoms with Crippen LogP contribution in [-0.2, 0) is 25.6 Å². The Morgan fingerprint density at radius 2 is 1.91 bits per heavy atom. The van der Waals surface area contributed by atoms with E-state index in [1.165, 1.54) is 14.2 Å². The molecule has 1 saturated carbocycles. The minimum Gasteiger partial charge on any atom is -0.468 e. The van der Waals surface area contributed by atoms with Crippen molar-refractivity contribution in [2.75, 3.05) is 14.2 Å². The number of carbonyl (C=O) groups is 3. The lowest BCUT2D eigenvalue weighted by Crippen LogP contribution is -2.31. The molecule has 120 valence electrons. The van der Waals surface area contributed by atoms with Gasteiger partial charge in [-0.25, -0.2) is 0 Å². The van der Waals surface area contributed by atoms with Gasteiger partial charge in [-0.15, -0.1) is 0 Å². The molecule has 1 aromatic heterocycles. The predicted molar refractivity (Wildman–Crippen MR) is 81.9 cm³/mol. The molecule has 3 rings (SSSR count). The number of aldehydes is 1. The van der Waals surface area contributed by atoms with E-state index in [-0.39, 0.29) is 5.92 Å². The second kappa shape index (κ2) is 5.53. The third kappa shape index (κ3) is 2.21. The number of nitrogens with zero attached hydrogens (tertiary/aromatic N) is 1. The van der Waals surface area contributed by atoms with E-state index < -0.39 is 17.4 Å². The summed E-state index contributed by atoms with van der Waals surface area (Å²) in [6, 6.07) is 9.39. The fourth-order valence-corrected chi connectivity index (χ4v) is 3.25. The lowest BCUT2D eigenvalue weighted by atomic mass is 10.0. The lowest BCUT2D eigenvalue weighted by Gasteiger charge is -2.14. The summed E-state index contributed by atoms with van der Waals surface area (Å²) in [6.07, 6.45) is 1.14. The van der Waals surface area contributed by atoms with Crippen molar-refractivity contribution >= 4 is 29.1 Å². The standard InChI is InChI=1S/C17H17NO5/c1-22-15(20)17(16(21)23-2)8-12(17)9-18-13(10-19)7-11-5-3-4-6-14(11)18/h3-7,10,12H,8-9H2,1-2H3. The molecule has 23 heavy (non-hydrogen) atoms. The van der Waals surface area contributed by atoms with Gasteiger partial charge in [0.15, 0.2) is 11.7 Å². The normalized spacial score (nSPS) is 18.4. The highest BCUT2D eigenvalue weighted by molar-refractivity contribution is 6.03. The summed E-state index contributed by atoms with van der Waals surface area (Å²) in [6.45, 7) is 0.381. The van der Waals surface area contributed by atoms with Crippen LogP contribution >= 0.6 is 0 Å². The van der Waals surface area contributed by atoms with Crippen LogP contribution in [0.15, 0.2) is 30.3 Å². The number of para-hydroxylation sites is 1. The average Bonchev–Trinajstić information content (AvgIpc) is 3.21. The third-order valence-corrected chi connectivity index (χ3v) is 4.57. The second-order valence-corrected chi connectivity index (χ2v) is 5.71. The number of carbonyl (C=O) groups excluding carboxylic acids is 3. The van der Waals surface area contributed by atoms with Crippen molar-refractivity contribution in [3.8, 4) is 0 Å². The highest BCUT2D eigenvalue weighted by Gasteiger charge is 2.67. The Balaban J connectivity index is 1.96. The minimum atomic E-state index is -1.25. The summed E-state index contributed by atoms with van der Waals surface area (Å²) in [5, 5.41) is 0.942. The molecule has 1 heterocycles. The fraction of sp³-hybridized carbons (Fsp3) is 0.353. The zero-order valence-electron chi connectivity index (χ0n) is 12.9. The molecule has 1 unspecified atom stereocenters. The van der Waals surface area contributed by atoms with Gasteiger partial charge in [0.05, 0.1) is 19.9 Å². The van der Waals surface area contributed by atoms with Gasteiger partial charge in [-0.1, -0.05) is 18.2 Å². The molecule has 6 heteroatoms. The fourth-order valence-electron chi connectivity index (χ4n) is 3.25. The molecule has 1 aromatic carbocycles. The quantitative estimate of drug-likeness (QED) is 0.478. The van der Waals surface area contributed by atoms with Crippen molar-refractivity contribution in [3.05, 3.63) is 36.0 Å². The van der Waals surface area contributed by atoms with E-state index in [0.717, 1.165) is 17.2 Å². The average molecular weight is 315 g/mol. The van der Waals surface area contributed by atoms with Gasteiger partial charge in [-0.2, -0.15) is 0 Å². The van der Waals surface area contributed by atoms with Crippen LogP contribution in [-0.4, -0.2) is 37.0 Å². The molecule has 0 radical (unpaired) electrons. The monoisotopic (exact) mass is 315 g/mol. The van der Waals surface area contributed by atoms with E-state index in [9.17, 15) is 14.4 Å². The Morgan fingerprint density at radius 3 is 2.52 bits per heavy atom. The topological polar surface area (TPSA) is 74.6 Å². The number of ether oxygens (including phenoxy) is 2. The zero-order chi connectivity index (χ0) is 16.6. The largest absolute Gasteiger partial charge is 0.468 e. The third-order valence-electron chi connectivity index (χ3n) is 4.57. The Kier molecular flexibility index (Phi) is 3.67. The molecular weight excluding hydrogens is 298 g/mol. The molecule has 0 bridgehead atoms. The number of aromatic nitrogens is 1. The highest BCUT2D eigenvalue weighted by Crippen LogP contribution is 2.55. The van der Waals surface area contributed by atoms with Crippen LogP contribution in [0.2, 0.25) is 0 Å². The maximum atomic E-state index is 12.1. The van der Waals surface area contributed by atoms with Gasteiger partial charge < -0.3 is 14.0 Å². The van der Waals surface area contributed by atoms with Gasteiger partial charge in [0.25, 0.3) is 0 Å². The van der Waals surface area contributed by atoms with Crippen LogP contribution in [0.25, 0.3) is 10.9 Å². The molecular formula is C17H17NO5. The summed E-state index contributed by atoms with van der Waals surface area (Å²) < 4.78 is 11.4. The van der Waals surface area contributed by atoms with Gasteiger partial charge in [0, 0.05) is 23.4 Å². The summed E-state index contributed by atoms with van der Waals surface area (Å²) in [5.74, 6) is -1.42. The summed E-state index contributed by atoms with van der Waals surface area (Å²) in [5.41, 5.74) is 0.154. The Hall–Kier alpha value is -2.63. The Bertz CT molecular complexity index is 775. The number of methoxy groups -OCH3 is 2. The number of hydrogen-bond acceptors (Lipinski definition) is 5. The van der Waals surface area contributed by atoms with Crippen molar-refractivity contribution in [1.82, 2.24) is 4.57 Å². The molecule has 0 amide bonds. The molecule has 1 aliphatic carbocycles. The van der Waals surface area contributed by atoms with E-state index >= 15 is 0 Å². The predicted octanol–water partition coefficient (Wildman–Crippen LogP) is 1.81. The van der Waals surface area contributed by atoms with Gasteiger partial charge in [-0.05, 0) is 18.6 Å². The molecule has 2 aromatic rings. The van der Waals surface area contributed by atoms with E-state index in [2.05, 4.69) is 0 Å². The van der Waals surface area contributed by atoms with E-state index in [0.29, 0.717) is 18.7 Å². The molecule has 0 N–H and O–H groups in total. The maximum Gasteiger partial charge on any atom is 0.323 e. The van der Waals surface area contributed by atoms with Crippen molar-refractivity contribution in [2.24, 2.45) is 11.3 Å².